The zero-order chi connectivity index (χ0) is 10.9. The van der Waals surface area contributed by atoms with Crippen molar-refractivity contribution in [1.29, 1.82) is 0 Å². The zero-order valence-corrected chi connectivity index (χ0v) is 7.62. The summed E-state index contributed by atoms with van der Waals surface area (Å²) in [6.45, 7) is 0. The molecule has 0 spiro atoms. The molecule has 0 radical (unpaired) electrons. The molecular weight excluding hydrogens is 192 g/mol. The molecular formula is C7H14N2O5. The Morgan fingerprint density at radius 2 is 1.93 bits per heavy atom. The minimum atomic E-state index is -1.56. The maximum Gasteiger partial charge on any atom is 0.251 e. The van der Waals surface area contributed by atoms with Crippen LogP contribution < -0.4 is 11.1 Å². The van der Waals surface area contributed by atoms with Crippen LogP contribution in [-0.2, 0) is 9.53 Å². The largest absolute Gasteiger partial charge is 0.388 e. The third-order valence-electron chi connectivity index (χ3n) is 2.18. The van der Waals surface area contributed by atoms with E-state index >= 15 is 0 Å². The van der Waals surface area contributed by atoms with Crippen molar-refractivity contribution < 1.29 is 24.9 Å². The lowest BCUT2D eigenvalue weighted by atomic mass is 9.96. The summed E-state index contributed by atoms with van der Waals surface area (Å²) < 4.78 is 4.70. The summed E-state index contributed by atoms with van der Waals surface area (Å²) in [5.41, 5.74) is 5.38. The van der Waals surface area contributed by atoms with Crippen LogP contribution in [-0.4, -0.2) is 58.9 Å². The maximum absolute atomic E-state index is 11.1. The third-order valence-corrected chi connectivity index (χ3v) is 2.18. The zero-order valence-electron chi connectivity index (χ0n) is 7.62. The van der Waals surface area contributed by atoms with E-state index in [1.807, 2.05) is 0 Å². The fourth-order valence-corrected chi connectivity index (χ4v) is 1.26. The van der Waals surface area contributed by atoms with E-state index in [1.54, 1.807) is 0 Å². The van der Waals surface area contributed by atoms with E-state index in [0.717, 1.165) is 0 Å². The molecule has 14 heavy (non-hydrogen) atoms. The van der Waals surface area contributed by atoms with Crippen molar-refractivity contribution in [1.82, 2.24) is 5.32 Å². The lowest BCUT2D eigenvalue weighted by Crippen LogP contribution is -2.64. The second kappa shape index (κ2) is 4.20. The molecule has 1 aliphatic heterocycles. The fourth-order valence-electron chi connectivity index (χ4n) is 1.26. The van der Waals surface area contributed by atoms with E-state index in [0.29, 0.717) is 0 Å². The summed E-state index contributed by atoms with van der Waals surface area (Å²) in [7, 11) is 1.36. The second-order valence-corrected chi connectivity index (χ2v) is 3.12. The number of nitrogens with one attached hydrogen (secondary N) is 1. The van der Waals surface area contributed by atoms with Crippen molar-refractivity contribution in [3.8, 4) is 0 Å². The standard InChI is InChI=1S/C7H14N2O5/c1-9-6(12)5-3(10)2(8)4(11)7(13)14-5/h2-5,7,10-11,13H,8H2,1H3,(H,9,12)/t2?,3-,4-,5?,7?/m0/s1. The molecule has 0 bridgehead atoms. The number of nitrogens with two attached hydrogens (primary N) is 1. The Morgan fingerprint density at radius 1 is 1.36 bits per heavy atom. The lowest BCUT2D eigenvalue weighted by molar-refractivity contribution is -0.247. The molecule has 0 aromatic carbocycles. The van der Waals surface area contributed by atoms with E-state index in [2.05, 4.69) is 5.32 Å². The van der Waals surface area contributed by atoms with Gasteiger partial charge in [-0.15, -0.1) is 0 Å². The van der Waals surface area contributed by atoms with Crippen LogP contribution in [0.25, 0.3) is 0 Å². The Morgan fingerprint density at radius 3 is 2.43 bits per heavy atom. The third kappa shape index (κ3) is 1.86. The smallest absolute Gasteiger partial charge is 0.251 e. The van der Waals surface area contributed by atoms with E-state index in [-0.39, 0.29) is 0 Å². The van der Waals surface area contributed by atoms with Crippen molar-refractivity contribution in [2.75, 3.05) is 7.05 Å². The molecule has 0 saturated carbocycles. The molecule has 0 aromatic rings. The van der Waals surface area contributed by atoms with E-state index in [4.69, 9.17) is 15.6 Å². The summed E-state index contributed by atoms with van der Waals surface area (Å²) in [5, 5.41) is 30.0. The quantitative estimate of drug-likeness (QED) is 0.303. The predicted molar refractivity (Wildman–Crippen MR) is 44.9 cm³/mol. The van der Waals surface area contributed by atoms with Gasteiger partial charge < -0.3 is 31.1 Å². The van der Waals surface area contributed by atoms with Gasteiger partial charge in [0.2, 0.25) is 0 Å². The molecule has 1 heterocycles. The molecule has 7 heteroatoms. The number of aliphatic hydroxyl groups is 3. The highest BCUT2D eigenvalue weighted by Gasteiger charge is 2.44. The van der Waals surface area contributed by atoms with Crippen molar-refractivity contribution in [2.45, 2.75) is 30.6 Å². The van der Waals surface area contributed by atoms with E-state index in [9.17, 15) is 15.0 Å². The SMILES string of the molecule is CNC(=O)C1OC(O)[C@@H](O)C(N)[C@@H]1O. The molecule has 3 unspecified atom stereocenters. The summed E-state index contributed by atoms with van der Waals surface area (Å²) >= 11 is 0. The van der Waals surface area contributed by atoms with Crippen molar-refractivity contribution in [2.24, 2.45) is 5.73 Å². The van der Waals surface area contributed by atoms with Gasteiger partial charge in [0.05, 0.1) is 6.04 Å². The molecule has 0 aromatic heterocycles. The Labute approximate surface area is 80.5 Å². The van der Waals surface area contributed by atoms with Gasteiger partial charge in [-0.3, -0.25) is 4.79 Å². The van der Waals surface area contributed by atoms with Crippen LogP contribution in [0.5, 0.6) is 0 Å². The molecule has 6 N–H and O–H groups in total. The Hall–Kier alpha value is -0.730. The van der Waals surface area contributed by atoms with Gasteiger partial charge in [-0.05, 0) is 0 Å². The highest BCUT2D eigenvalue weighted by atomic mass is 16.6. The first-order valence-electron chi connectivity index (χ1n) is 4.16. The van der Waals surface area contributed by atoms with Gasteiger partial charge in [0, 0.05) is 7.05 Å². The first kappa shape index (κ1) is 11.3. The summed E-state index contributed by atoms with van der Waals surface area (Å²) in [6.07, 6.45) is -5.55. The number of likely N-dealkylation sites (N-methyl/N-ethyl adjacent to an activating group) is 1. The van der Waals surface area contributed by atoms with Gasteiger partial charge >= 0.3 is 0 Å². The molecule has 82 valence electrons. The number of rotatable bonds is 1. The van der Waals surface area contributed by atoms with Gasteiger partial charge in [-0.1, -0.05) is 0 Å². The number of carbonyl (C=O) groups is 1. The van der Waals surface area contributed by atoms with Crippen LogP contribution in [0, 0.1) is 0 Å². The number of carbonyl (C=O) groups excluding carboxylic acids is 1. The number of aliphatic hydroxyl groups excluding tert-OH is 3. The van der Waals surface area contributed by atoms with Crippen LogP contribution in [0.1, 0.15) is 0 Å². The summed E-state index contributed by atoms with van der Waals surface area (Å²) in [5.74, 6) is -0.598. The monoisotopic (exact) mass is 206 g/mol. The predicted octanol–water partition coefficient (Wildman–Crippen LogP) is -3.50. The molecule has 5 atom stereocenters. The Bertz CT molecular complexity index is 224. The van der Waals surface area contributed by atoms with E-state index < -0.39 is 36.6 Å². The van der Waals surface area contributed by atoms with Gasteiger partial charge in [-0.25, -0.2) is 0 Å². The molecule has 0 aliphatic carbocycles. The number of hydrogen-bond acceptors (Lipinski definition) is 6. The summed E-state index contributed by atoms with van der Waals surface area (Å²) in [4.78, 5) is 11.1. The molecule has 1 saturated heterocycles. The van der Waals surface area contributed by atoms with Gasteiger partial charge in [-0.2, -0.15) is 0 Å². The van der Waals surface area contributed by atoms with Crippen molar-refractivity contribution >= 4 is 5.91 Å². The van der Waals surface area contributed by atoms with Crippen molar-refractivity contribution in [3.63, 3.8) is 0 Å². The normalized spacial score (nSPS) is 43.4. The molecule has 1 fully saturated rings. The first-order chi connectivity index (χ1) is 6.49. The maximum atomic E-state index is 11.1. The summed E-state index contributed by atoms with van der Waals surface area (Å²) in [6, 6.07) is -1.11. The average molecular weight is 206 g/mol. The minimum Gasteiger partial charge on any atom is -0.388 e. The lowest BCUT2D eigenvalue weighted by Gasteiger charge is -2.37. The molecule has 7 nitrogen and oxygen atoms in total. The molecule has 1 rings (SSSR count). The van der Waals surface area contributed by atoms with Crippen LogP contribution in [0.2, 0.25) is 0 Å². The van der Waals surface area contributed by atoms with Crippen LogP contribution >= 0.6 is 0 Å². The number of hydrogen-bond donors (Lipinski definition) is 5. The van der Waals surface area contributed by atoms with Gasteiger partial charge in [0.15, 0.2) is 12.4 Å². The first-order valence-corrected chi connectivity index (χ1v) is 4.16. The average Bonchev–Trinajstić information content (AvgIpc) is 2.19. The van der Waals surface area contributed by atoms with Crippen LogP contribution in [0.3, 0.4) is 0 Å². The minimum absolute atomic E-state index is 0.598. The van der Waals surface area contributed by atoms with E-state index in [1.165, 1.54) is 7.05 Å². The van der Waals surface area contributed by atoms with Gasteiger partial charge in [0.25, 0.3) is 5.91 Å². The number of amides is 1. The fraction of sp³-hybridized carbons (Fsp3) is 0.857. The second-order valence-electron chi connectivity index (χ2n) is 3.12. The van der Waals surface area contributed by atoms with Crippen LogP contribution in [0.15, 0.2) is 0 Å². The Kier molecular flexibility index (Phi) is 3.40. The van der Waals surface area contributed by atoms with Crippen molar-refractivity contribution in [3.05, 3.63) is 0 Å². The number of ether oxygens (including phenoxy) is 1. The topological polar surface area (TPSA) is 125 Å². The highest BCUT2D eigenvalue weighted by molar-refractivity contribution is 5.81. The molecule has 1 aliphatic rings. The molecule has 1 amide bonds. The Balaban J connectivity index is 2.75. The van der Waals surface area contributed by atoms with Gasteiger partial charge in [0.1, 0.15) is 12.2 Å². The van der Waals surface area contributed by atoms with Crippen LogP contribution in [0.4, 0.5) is 0 Å². The highest BCUT2D eigenvalue weighted by Crippen LogP contribution is 2.18.